The number of hydrogen-bond acceptors (Lipinski definition) is 6. The molecule has 1 N–H and O–H groups in total. The van der Waals surface area contributed by atoms with Crippen LogP contribution in [0.1, 0.15) is 13.8 Å². The lowest BCUT2D eigenvalue weighted by molar-refractivity contribution is -0.0111. The van der Waals surface area contributed by atoms with Crippen molar-refractivity contribution in [3.05, 3.63) is 30.3 Å². The van der Waals surface area contributed by atoms with E-state index < -0.39 is 32.0 Å². The summed E-state index contributed by atoms with van der Waals surface area (Å²) in [4.78, 5) is 0. The van der Waals surface area contributed by atoms with Crippen LogP contribution in [0.15, 0.2) is 30.3 Å². The molecule has 0 radical (unpaired) electrons. The summed E-state index contributed by atoms with van der Waals surface area (Å²) >= 11 is 0. The molecule has 1 saturated heterocycles. The summed E-state index contributed by atoms with van der Waals surface area (Å²) in [6.07, 6.45) is -2.14. The molecular formula is C14H17NO5P+. The fourth-order valence-corrected chi connectivity index (χ4v) is 2.74. The van der Waals surface area contributed by atoms with E-state index in [0.717, 1.165) is 0 Å². The summed E-state index contributed by atoms with van der Waals surface area (Å²) in [5, 5.41) is 19.3. The van der Waals surface area contributed by atoms with Gasteiger partial charge in [0, 0.05) is 4.57 Å². The van der Waals surface area contributed by atoms with Gasteiger partial charge in [-0.3, -0.25) is 0 Å². The smallest absolute Gasteiger partial charge is 0.389 e. The quantitative estimate of drug-likeness (QED) is 0.840. The standard InChI is InChI=1S/C14H17NO5P/c1-10-14(2,9-15)13(16)12(19-10)8-18-21(17)20-11-6-4-3-5-7-11/h3-7,10,12-13,16H,8H2,1-2H3/q+1. The van der Waals surface area contributed by atoms with Gasteiger partial charge in [0.05, 0.1) is 12.2 Å². The van der Waals surface area contributed by atoms with E-state index in [1.54, 1.807) is 38.1 Å². The van der Waals surface area contributed by atoms with E-state index in [0.29, 0.717) is 5.75 Å². The molecule has 0 amide bonds. The van der Waals surface area contributed by atoms with Crippen molar-refractivity contribution in [2.24, 2.45) is 5.41 Å². The van der Waals surface area contributed by atoms with Crippen LogP contribution in [-0.2, 0) is 13.8 Å². The molecule has 1 aromatic rings. The van der Waals surface area contributed by atoms with Gasteiger partial charge in [-0.05, 0) is 26.0 Å². The van der Waals surface area contributed by atoms with Crippen LogP contribution in [0.5, 0.6) is 5.75 Å². The predicted molar refractivity (Wildman–Crippen MR) is 74.7 cm³/mol. The molecule has 0 saturated carbocycles. The van der Waals surface area contributed by atoms with Gasteiger partial charge >= 0.3 is 8.25 Å². The Balaban J connectivity index is 1.87. The minimum Gasteiger partial charge on any atom is -0.389 e. The molecule has 0 aromatic heterocycles. The van der Waals surface area contributed by atoms with Crippen LogP contribution < -0.4 is 4.52 Å². The fourth-order valence-electron chi connectivity index (χ4n) is 2.12. The molecule has 1 aromatic carbocycles. The second-order valence-electron chi connectivity index (χ2n) is 5.08. The van der Waals surface area contributed by atoms with Gasteiger partial charge in [0.25, 0.3) is 0 Å². The second-order valence-corrected chi connectivity index (χ2v) is 5.97. The first-order valence-electron chi connectivity index (χ1n) is 6.55. The van der Waals surface area contributed by atoms with Gasteiger partial charge in [-0.2, -0.15) is 5.26 Å². The normalized spacial score (nSPS) is 32.5. The summed E-state index contributed by atoms with van der Waals surface area (Å²) in [5.41, 5.74) is -1.00. The van der Waals surface area contributed by atoms with Gasteiger partial charge in [-0.25, -0.2) is 4.52 Å². The SMILES string of the molecule is CC1OC(CO[P+](=O)Oc2ccccc2)C(O)C1(C)C#N. The largest absolute Gasteiger partial charge is 0.750 e. The highest BCUT2D eigenvalue weighted by Crippen LogP contribution is 2.39. The van der Waals surface area contributed by atoms with Crippen LogP contribution in [0.25, 0.3) is 0 Å². The number of ether oxygens (including phenoxy) is 1. The van der Waals surface area contributed by atoms with E-state index in [1.165, 1.54) is 0 Å². The van der Waals surface area contributed by atoms with Crippen LogP contribution in [0.3, 0.4) is 0 Å². The van der Waals surface area contributed by atoms with E-state index in [1.807, 2.05) is 6.07 Å². The third-order valence-electron chi connectivity index (χ3n) is 3.70. The summed E-state index contributed by atoms with van der Waals surface area (Å²) in [5.74, 6) is 0.432. The third-order valence-corrected chi connectivity index (χ3v) is 4.42. The van der Waals surface area contributed by atoms with Crippen LogP contribution in [0, 0.1) is 16.7 Å². The molecule has 0 aliphatic carbocycles. The Labute approximate surface area is 124 Å². The molecular weight excluding hydrogens is 293 g/mol. The van der Waals surface area contributed by atoms with Gasteiger partial charge < -0.3 is 9.84 Å². The molecule has 21 heavy (non-hydrogen) atoms. The maximum absolute atomic E-state index is 11.7. The van der Waals surface area contributed by atoms with E-state index in [2.05, 4.69) is 6.07 Å². The Morgan fingerprint density at radius 1 is 1.48 bits per heavy atom. The first-order valence-corrected chi connectivity index (χ1v) is 7.65. The van der Waals surface area contributed by atoms with E-state index in [4.69, 9.17) is 19.0 Å². The number of nitrogens with zero attached hydrogens (tertiary/aromatic N) is 1. The summed E-state index contributed by atoms with van der Waals surface area (Å²) in [6.45, 7) is 3.24. The van der Waals surface area contributed by atoms with E-state index in [-0.39, 0.29) is 6.61 Å². The van der Waals surface area contributed by atoms with Crippen molar-refractivity contribution in [2.75, 3.05) is 6.61 Å². The molecule has 1 aliphatic rings. The monoisotopic (exact) mass is 310 g/mol. The lowest BCUT2D eigenvalue weighted by Gasteiger charge is -2.21. The molecule has 0 spiro atoms. The summed E-state index contributed by atoms with van der Waals surface area (Å²) < 4.78 is 27.4. The Kier molecular flexibility index (Phi) is 4.92. The van der Waals surface area contributed by atoms with Crippen molar-refractivity contribution in [3.63, 3.8) is 0 Å². The highest BCUT2D eigenvalue weighted by Gasteiger charge is 2.52. The Morgan fingerprint density at radius 2 is 2.14 bits per heavy atom. The Bertz CT molecular complexity index is 546. The molecule has 0 bridgehead atoms. The van der Waals surface area contributed by atoms with Crippen molar-refractivity contribution < 1.29 is 23.5 Å². The average Bonchev–Trinajstić information content (AvgIpc) is 2.71. The number of aliphatic hydroxyl groups excluding tert-OH is 1. The van der Waals surface area contributed by atoms with Gasteiger partial charge in [-0.1, -0.05) is 18.2 Å². The van der Waals surface area contributed by atoms with Crippen molar-refractivity contribution in [1.29, 1.82) is 5.26 Å². The Morgan fingerprint density at radius 3 is 2.71 bits per heavy atom. The molecule has 5 unspecified atom stereocenters. The van der Waals surface area contributed by atoms with Gasteiger partial charge in [0.2, 0.25) is 0 Å². The zero-order chi connectivity index (χ0) is 15.5. The number of para-hydroxylation sites is 1. The number of rotatable bonds is 5. The van der Waals surface area contributed by atoms with Crippen LogP contribution in [0.2, 0.25) is 0 Å². The maximum atomic E-state index is 11.7. The number of aliphatic hydroxyl groups is 1. The molecule has 5 atom stereocenters. The highest BCUT2D eigenvalue weighted by molar-refractivity contribution is 7.33. The third kappa shape index (κ3) is 3.39. The zero-order valence-corrected chi connectivity index (χ0v) is 12.7. The van der Waals surface area contributed by atoms with Gasteiger partial charge in [0.1, 0.15) is 24.2 Å². The van der Waals surface area contributed by atoms with Gasteiger partial charge in [-0.15, -0.1) is 4.52 Å². The first kappa shape index (κ1) is 15.9. The number of hydrogen-bond donors (Lipinski definition) is 1. The van der Waals surface area contributed by atoms with Crippen molar-refractivity contribution in [2.45, 2.75) is 32.2 Å². The average molecular weight is 310 g/mol. The Hall–Kier alpha value is -1.51. The second kappa shape index (κ2) is 6.50. The van der Waals surface area contributed by atoms with Crippen LogP contribution in [0.4, 0.5) is 0 Å². The molecule has 1 heterocycles. The van der Waals surface area contributed by atoms with Gasteiger partial charge in [0.15, 0.2) is 5.75 Å². The van der Waals surface area contributed by atoms with E-state index >= 15 is 0 Å². The number of benzene rings is 1. The molecule has 1 fully saturated rings. The highest BCUT2D eigenvalue weighted by atomic mass is 31.1. The summed E-state index contributed by atoms with van der Waals surface area (Å²) in [6, 6.07) is 10.7. The van der Waals surface area contributed by atoms with Crippen molar-refractivity contribution in [1.82, 2.24) is 0 Å². The summed E-state index contributed by atoms with van der Waals surface area (Å²) in [7, 11) is -2.37. The van der Waals surface area contributed by atoms with Crippen molar-refractivity contribution in [3.8, 4) is 11.8 Å². The first-order chi connectivity index (χ1) is 9.97. The van der Waals surface area contributed by atoms with Crippen molar-refractivity contribution >= 4 is 8.25 Å². The maximum Gasteiger partial charge on any atom is 0.750 e. The molecule has 6 nitrogen and oxygen atoms in total. The molecule has 1 aliphatic heterocycles. The van der Waals surface area contributed by atoms with Crippen LogP contribution >= 0.6 is 8.25 Å². The lowest BCUT2D eigenvalue weighted by Crippen LogP contribution is -2.37. The molecule has 112 valence electrons. The van der Waals surface area contributed by atoms with E-state index in [9.17, 15) is 9.67 Å². The molecule has 7 heteroatoms. The fraction of sp³-hybridized carbons (Fsp3) is 0.500. The lowest BCUT2D eigenvalue weighted by atomic mass is 9.82. The predicted octanol–water partition coefficient (Wildman–Crippen LogP) is 2.42. The minimum atomic E-state index is -2.37. The molecule has 2 rings (SSSR count). The topological polar surface area (TPSA) is 88.8 Å². The van der Waals surface area contributed by atoms with Crippen LogP contribution in [-0.4, -0.2) is 30.0 Å². The minimum absolute atomic E-state index is 0.106. The number of nitriles is 1. The zero-order valence-electron chi connectivity index (χ0n) is 11.8.